The molecule has 1 aromatic heterocycles. The van der Waals surface area contributed by atoms with Gasteiger partial charge in [0.05, 0.1) is 5.52 Å². The van der Waals surface area contributed by atoms with Crippen molar-refractivity contribution in [3.05, 3.63) is 120 Å². The predicted molar refractivity (Wildman–Crippen MR) is 136 cm³/mol. The Kier molecular flexibility index (Phi) is 4.77. The number of hydrogen-bond acceptors (Lipinski definition) is 1. The van der Waals surface area contributed by atoms with Crippen LogP contribution in [0.25, 0.3) is 28.2 Å². The topological polar surface area (TPSA) is 17.0 Å². The quantitative estimate of drug-likeness (QED) is 0.368. The summed E-state index contributed by atoms with van der Waals surface area (Å²) >= 11 is 0. The average molecular weight is 415 g/mol. The van der Waals surface area contributed by atoms with Gasteiger partial charge in [-0.3, -0.25) is 0 Å². The second-order valence-corrected chi connectivity index (χ2v) is 8.58. The number of anilines is 1. The normalized spacial score (nSPS) is 17.2. The minimum absolute atomic E-state index is 0.301. The Bertz CT molecular complexity index is 1350. The molecule has 1 unspecified atom stereocenters. The molecule has 0 saturated heterocycles. The van der Waals surface area contributed by atoms with Crippen molar-refractivity contribution in [2.75, 3.05) is 5.32 Å². The SMILES string of the molecule is C1=Cc2c(c3ccc(NC4C=CC(c5ccccc5)=CC4)cc3n2-c2ccccc2)CC1. The monoisotopic (exact) mass is 414 g/mol. The van der Waals surface area contributed by atoms with E-state index in [2.05, 4.69) is 119 Å². The molecule has 0 radical (unpaired) electrons. The summed E-state index contributed by atoms with van der Waals surface area (Å²) in [5.41, 5.74) is 9.03. The number of nitrogens with zero attached hydrogens (tertiary/aromatic N) is 1. The molecule has 2 aliphatic rings. The summed E-state index contributed by atoms with van der Waals surface area (Å²) in [5.74, 6) is 0. The van der Waals surface area contributed by atoms with E-state index in [1.807, 2.05) is 0 Å². The summed E-state index contributed by atoms with van der Waals surface area (Å²) in [4.78, 5) is 0. The Balaban J connectivity index is 1.33. The number of rotatable bonds is 4. The Morgan fingerprint density at radius 2 is 1.66 bits per heavy atom. The minimum Gasteiger partial charge on any atom is -0.378 e. The largest absolute Gasteiger partial charge is 0.378 e. The molecule has 1 atom stereocenters. The molecule has 156 valence electrons. The van der Waals surface area contributed by atoms with Gasteiger partial charge in [-0.25, -0.2) is 0 Å². The van der Waals surface area contributed by atoms with Gasteiger partial charge in [0.25, 0.3) is 0 Å². The third-order valence-corrected chi connectivity index (χ3v) is 6.52. The predicted octanol–water partition coefficient (Wildman–Crippen LogP) is 7.41. The molecule has 0 fully saturated rings. The van der Waals surface area contributed by atoms with Crippen molar-refractivity contribution in [1.82, 2.24) is 4.57 Å². The van der Waals surface area contributed by atoms with Crippen molar-refractivity contribution < 1.29 is 0 Å². The molecule has 6 rings (SSSR count). The number of nitrogens with one attached hydrogen (secondary N) is 1. The zero-order valence-electron chi connectivity index (χ0n) is 18.0. The molecule has 4 aromatic rings. The lowest BCUT2D eigenvalue weighted by molar-refractivity contribution is 0.886. The second-order valence-electron chi connectivity index (χ2n) is 8.58. The van der Waals surface area contributed by atoms with Crippen molar-refractivity contribution >= 4 is 28.2 Å². The van der Waals surface area contributed by atoms with Gasteiger partial charge in [0, 0.05) is 28.5 Å². The number of aromatic nitrogens is 1. The molecular weight excluding hydrogens is 388 g/mol. The van der Waals surface area contributed by atoms with Gasteiger partial charge < -0.3 is 9.88 Å². The van der Waals surface area contributed by atoms with E-state index in [4.69, 9.17) is 0 Å². The number of aryl methyl sites for hydroxylation is 1. The molecule has 0 amide bonds. The van der Waals surface area contributed by atoms with Crippen molar-refractivity contribution in [3.63, 3.8) is 0 Å². The fraction of sp³-hybridized carbons (Fsp3) is 0.133. The average Bonchev–Trinajstić information content (AvgIpc) is 3.19. The maximum Gasteiger partial charge on any atom is 0.0558 e. The molecule has 1 N–H and O–H groups in total. The highest BCUT2D eigenvalue weighted by Crippen LogP contribution is 2.35. The lowest BCUT2D eigenvalue weighted by atomic mass is 9.97. The third kappa shape index (κ3) is 3.38. The summed E-state index contributed by atoms with van der Waals surface area (Å²) < 4.78 is 2.41. The van der Waals surface area contributed by atoms with Gasteiger partial charge in [0.2, 0.25) is 0 Å². The summed E-state index contributed by atoms with van der Waals surface area (Å²) in [6, 6.07) is 28.5. The van der Waals surface area contributed by atoms with Crippen LogP contribution in [-0.2, 0) is 6.42 Å². The smallest absolute Gasteiger partial charge is 0.0558 e. The van der Waals surface area contributed by atoms with E-state index >= 15 is 0 Å². The van der Waals surface area contributed by atoms with Crippen LogP contribution in [0, 0.1) is 0 Å². The number of para-hydroxylation sites is 1. The van der Waals surface area contributed by atoms with Crippen LogP contribution in [0.5, 0.6) is 0 Å². The van der Waals surface area contributed by atoms with Crippen LogP contribution in [0.2, 0.25) is 0 Å². The van der Waals surface area contributed by atoms with E-state index in [1.54, 1.807) is 0 Å². The molecule has 0 aliphatic heterocycles. The zero-order valence-corrected chi connectivity index (χ0v) is 18.0. The number of benzene rings is 3. The molecule has 2 aliphatic carbocycles. The van der Waals surface area contributed by atoms with Crippen LogP contribution in [0.4, 0.5) is 5.69 Å². The van der Waals surface area contributed by atoms with Crippen LogP contribution in [0.1, 0.15) is 29.7 Å². The highest BCUT2D eigenvalue weighted by molar-refractivity contribution is 5.93. The van der Waals surface area contributed by atoms with Crippen LogP contribution in [0.3, 0.4) is 0 Å². The van der Waals surface area contributed by atoms with Gasteiger partial charge in [-0.1, -0.05) is 78.9 Å². The molecule has 0 saturated carbocycles. The molecule has 0 bridgehead atoms. The Hall–Kier alpha value is -3.78. The van der Waals surface area contributed by atoms with E-state index in [0.717, 1.165) is 19.3 Å². The van der Waals surface area contributed by atoms with Gasteiger partial charge in [-0.15, -0.1) is 0 Å². The fourth-order valence-electron chi connectivity index (χ4n) is 4.97. The first-order valence-corrected chi connectivity index (χ1v) is 11.5. The van der Waals surface area contributed by atoms with Crippen LogP contribution in [-0.4, -0.2) is 10.6 Å². The van der Waals surface area contributed by atoms with E-state index in [9.17, 15) is 0 Å². The maximum atomic E-state index is 3.74. The van der Waals surface area contributed by atoms with Crippen molar-refractivity contribution in [2.45, 2.75) is 25.3 Å². The molecule has 32 heavy (non-hydrogen) atoms. The molecule has 2 heteroatoms. The van der Waals surface area contributed by atoms with E-state index < -0.39 is 0 Å². The Morgan fingerprint density at radius 1 is 0.844 bits per heavy atom. The van der Waals surface area contributed by atoms with Gasteiger partial charge >= 0.3 is 0 Å². The van der Waals surface area contributed by atoms with Gasteiger partial charge in [0.1, 0.15) is 0 Å². The van der Waals surface area contributed by atoms with Crippen molar-refractivity contribution in [3.8, 4) is 5.69 Å². The summed E-state index contributed by atoms with van der Waals surface area (Å²) in [6.45, 7) is 0. The highest BCUT2D eigenvalue weighted by atomic mass is 15.0. The maximum absolute atomic E-state index is 3.74. The molecule has 2 nitrogen and oxygen atoms in total. The summed E-state index contributed by atoms with van der Waals surface area (Å²) in [6.07, 6.45) is 14.7. The van der Waals surface area contributed by atoms with Crippen LogP contribution >= 0.6 is 0 Å². The number of fused-ring (bicyclic) bond motifs is 3. The molecule has 3 aromatic carbocycles. The van der Waals surface area contributed by atoms with E-state index in [0.29, 0.717) is 6.04 Å². The van der Waals surface area contributed by atoms with E-state index in [1.165, 1.54) is 44.7 Å². The minimum atomic E-state index is 0.301. The van der Waals surface area contributed by atoms with Crippen LogP contribution < -0.4 is 5.32 Å². The Labute approximate surface area is 189 Å². The van der Waals surface area contributed by atoms with Crippen LogP contribution in [0.15, 0.2) is 103 Å². The third-order valence-electron chi connectivity index (χ3n) is 6.52. The van der Waals surface area contributed by atoms with E-state index in [-0.39, 0.29) is 0 Å². The zero-order chi connectivity index (χ0) is 21.3. The van der Waals surface area contributed by atoms with Gasteiger partial charge in [-0.05, 0) is 66.3 Å². The second kappa shape index (κ2) is 8.05. The van der Waals surface area contributed by atoms with Crippen molar-refractivity contribution in [2.24, 2.45) is 0 Å². The lowest BCUT2D eigenvalue weighted by Gasteiger charge is -2.19. The number of hydrogen-bond donors (Lipinski definition) is 1. The van der Waals surface area contributed by atoms with Crippen molar-refractivity contribution in [1.29, 1.82) is 0 Å². The molecule has 1 heterocycles. The molecule has 0 spiro atoms. The number of allylic oxidation sites excluding steroid dienone is 3. The Morgan fingerprint density at radius 3 is 2.44 bits per heavy atom. The first-order chi connectivity index (χ1) is 15.9. The molecular formula is C30H26N2. The first kappa shape index (κ1) is 18.9. The lowest BCUT2D eigenvalue weighted by Crippen LogP contribution is -2.17. The summed E-state index contributed by atoms with van der Waals surface area (Å²) in [5, 5.41) is 5.11. The van der Waals surface area contributed by atoms with Gasteiger partial charge in [0.15, 0.2) is 0 Å². The standard InChI is InChI=1S/C30H26N2/c1-3-9-22(10-4-1)23-15-17-24(18-16-23)31-25-19-20-28-27-13-7-8-14-29(27)32(30(28)21-25)26-11-5-2-6-12-26/h1-6,8-12,14-17,19-21,24,31H,7,13,18H2. The van der Waals surface area contributed by atoms with Gasteiger partial charge in [-0.2, -0.15) is 0 Å². The fourth-order valence-corrected chi connectivity index (χ4v) is 4.97. The first-order valence-electron chi connectivity index (χ1n) is 11.5. The highest BCUT2D eigenvalue weighted by Gasteiger charge is 2.19. The summed E-state index contributed by atoms with van der Waals surface area (Å²) in [7, 11) is 0.